The quantitative estimate of drug-likeness (QED) is 0.0845. The number of para-hydroxylation sites is 1. The lowest BCUT2D eigenvalue weighted by Gasteiger charge is -2.50. The Bertz CT molecular complexity index is 1980. The van der Waals surface area contributed by atoms with Crippen molar-refractivity contribution in [3.8, 4) is 5.75 Å². The number of nitrogens with zero attached hydrogens (tertiary/aromatic N) is 2. The van der Waals surface area contributed by atoms with Gasteiger partial charge in [0.1, 0.15) is 11.4 Å². The standard InChI is InChI=1S/C34H23Cl2F5N2O5/c1-2-14-7-9-15(10-8-14)42-29(45)18-12-11-16-19(21(18)30(42)46)13-33(35)31(47)43(28-26(40)24(38)23(37)25(39)27(28)41)32(48)34(33,36)22(16)17-5-3-4-6-20(17)44/h3-11,18-19,21-22,44H,2,12-13H2,1H3/t18-,19+,21-,22+,33+,34-/m0/s1. The number of hydrogen-bond donors (Lipinski definition) is 1. The minimum atomic E-state index is -2.71. The first-order valence-corrected chi connectivity index (χ1v) is 15.7. The van der Waals surface area contributed by atoms with Crippen molar-refractivity contribution < 1.29 is 46.2 Å². The van der Waals surface area contributed by atoms with Gasteiger partial charge in [-0.25, -0.2) is 26.9 Å². The van der Waals surface area contributed by atoms with Crippen LogP contribution < -0.4 is 9.80 Å². The molecule has 0 unspecified atom stereocenters. The SMILES string of the molecule is CCc1ccc(N2C(=O)[C@H]3[C@H](CC=C4[C@H]3C[C@@]3(Cl)C(=O)N(c5c(F)c(F)c(F)c(F)c5F)C(=O)[C@@]3(Cl)[C@H]4c3ccccc3O)C2=O)cc1. The predicted octanol–water partition coefficient (Wildman–Crippen LogP) is 6.42. The molecule has 2 aliphatic carbocycles. The number of imide groups is 2. The summed E-state index contributed by atoms with van der Waals surface area (Å²) in [6.07, 6.45) is 1.63. The van der Waals surface area contributed by atoms with Crippen molar-refractivity contribution in [3.63, 3.8) is 0 Å². The highest BCUT2D eigenvalue weighted by atomic mass is 35.5. The Labute approximate surface area is 279 Å². The molecular formula is C34H23Cl2F5N2O5. The third-order valence-corrected chi connectivity index (χ3v) is 11.5. The fourth-order valence-corrected chi connectivity index (χ4v) is 8.71. The Morgan fingerprint density at radius 3 is 2.00 bits per heavy atom. The molecule has 0 aromatic heterocycles. The zero-order valence-corrected chi connectivity index (χ0v) is 26.3. The number of carbonyl (C=O) groups is 4. The van der Waals surface area contributed by atoms with Crippen molar-refractivity contribution in [1.29, 1.82) is 0 Å². The second-order valence-corrected chi connectivity index (χ2v) is 13.5. The van der Waals surface area contributed by atoms with Gasteiger partial charge in [-0.05, 0) is 48.9 Å². The van der Waals surface area contributed by atoms with Crippen LogP contribution in [-0.2, 0) is 25.6 Å². The number of aryl methyl sites for hydroxylation is 1. The van der Waals surface area contributed by atoms with E-state index in [0.29, 0.717) is 12.1 Å². The number of phenols is 1. The number of amides is 4. The number of fused-ring (bicyclic) bond motifs is 4. The Kier molecular flexibility index (Phi) is 7.30. The van der Waals surface area contributed by atoms with Gasteiger partial charge in [0.05, 0.1) is 17.5 Å². The summed E-state index contributed by atoms with van der Waals surface area (Å²) in [5, 5.41) is 11.0. The molecule has 3 aromatic rings. The molecule has 2 heterocycles. The minimum absolute atomic E-state index is 0.0134. The zero-order chi connectivity index (χ0) is 34.6. The van der Waals surface area contributed by atoms with Crippen molar-refractivity contribution >= 4 is 58.2 Å². The van der Waals surface area contributed by atoms with Crippen LogP contribution in [0.15, 0.2) is 60.2 Å². The van der Waals surface area contributed by atoms with Crippen molar-refractivity contribution in [3.05, 3.63) is 100 Å². The lowest BCUT2D eigenvalue weighted by Crippen LogP contribution is -2.60. The molecule has 1 saturated carbocycles. The number of aromatic hydroxyl groups is 1. The number of hydrogen-bond acceptors (Lipinski definition) is 5. The van der Waals surface area contributed by atoms with Crippen LogP contribution in [-0.4, -0.2) is 38.5 Å². The first-order chi connectivity index (χ1) is 22.7. The maximum absolute atomic E-state index is 15.1. The summed E-state index contributed by atoms with van der Waals surface area (Å²) < 4.78 is 73.0. The summed E-state index contributed by atoms with van der Waals surface area (Å²) in [4.78, 5) is 51.8. The summed E-state index contributed by atoms with van der Waals surface area (Å²) in [7, 11) is 0. The third kappa shape index (κ3) is 3.98. The van der Waals surface area contributed by atoms with Gasteiger partial charge in [0.2, 0.25) is 17.6 Å². The highest BCUT2D eigenvalue weighted by Gasteiger charge is 2.77. The molecule has 4 amide bonds. The molecule has 3 aromatic carbocycles. The van der Waals surface area contributed by atoms with E-state index in [2.05, 4.69) is 0 Å². The second kappa shape index (κ2) is 10.9. The number of carbonyl (C=O) groups excluding carboxylic acids is 4. The Balaban J connectivity index is 1.41. The normalized spacial score (nSPS) is 29.6. The van der Waals surface area contributed by atoms with Gasteiger partial charge in [-0.15, -0.1) is 23.2 Å². The molecular weight excluding hydrogens is 682 g/mol. The number of rotatable bonds is 4. The predicted molar refractivity (Wildman–Crippen MR) is 163 cm³/mol. The Morgan fingerprint density at radius 2 is 1.40 bits per heavy atom. The molecule has 0 spiro atoms. The van der Waals surface area contributed by atoms with E-state index in [-0.39, 0.29) is 22.5 Å². The van der Waals surface area contributed by atoms with Gasteiger partial charge in [-0.2, -0.15) is 0 Å². The first-order valence-electron chi connectivity index (χ1n) is 14.9. The van der Waals surface area contributed by atoms with E-state index in [4.69, 9.17) is 23.2 Å². The van der Waals surface area contributed by atoms with Gasteiger partial charge in [0.25, 0.3) is 11.8 Å². The molecule has 4 aliphatic rings. The lowest BCUT2D eigenvalue weighted by molar-refractivity contribution is -0.125. The molecule has 2 saturated heterocycles. The van der Waals surface area contributed by atoms with E-state index in [1.165, 1.54) is 24.3 Å². The van der Waals surface area contributed by atoms with Crippen LogP contribution >= 0.6 is 23.2 Å². The van der Waals surface area contributed by atoms with Crippen molar-refractivity contribution in [2.75, 3.05) is 9.80 Å². The molecule has 0 radical (unpaired) electrons. The molecule has 1 N–H and O–H groups in total. The number of phenolic OH excluding ortho intramolecular Hbond substituents is 1. The van der Waals surface area contributed by atoms with Crippen LogP contribution in [0.1, 0.15) is 36.8 Å². The van der Waals surface area contributed by atoms with Gasteiger partial charge >= 0.3 is 0 Å². The molecule has 6 atom stereocenters. The largest absolute Gasteiger partial charge is 0.508 e. The van der Waals surface area contributed by atoms with Gasteiger partial charge in [-0.3, -0.25) is 24.1 Å². The summed E-state index contributed by atoms with van der Waals surface area (Å²) in [5.74, 6) is -21.8. The average Bonchev–Trinajstić information content (AvgIpc) is 3.41. The van der Waals surface area contributed by atoms with Crippen LogP contribution in [0.2, 0.25) is 0 Å². The molecule has 7 nitrogen and oxygen atoms in total. The van der Waals surface area contributed by atoms with Gasteiger partial charge in [0.15, 0.2) is 33.0 Å². The van der Waals surface area contributed by atoms with E-state index in [1.54, 1.807) is 30.3 Å². The van der Waals surface area contributed by atoms with E-state index in [1.807, 2.05) is 6.92 Å². The van der Waals surface area contributed by atoms with Crippen molar-refractivity contribution in [1.82, 2.24) is 0 Å². The highest BCUT2D eigenvalue weighted by molar-refractivity contribution is 6.58. The maximum Gasteiger partial charge on any atom is 0.258 e. The Morgan fingerprint density at radius 1 is 0.792 bits per heavy atom. The van der Waals surface area contributed by atoms with E-state index in [0.717, 1.165) is 10.5 Å². The molecule has 14 heteroatoms. The summed E-state index contributed by atoms with van der Waals surface area (Å²) >= 11 is 14.1. The van der Waals surface area contributed by atoms with Crippen LogP contribution in [0.5, 0.6) is 5.75 Å². The van der Waals surface area contributed by atoms with Gasteiger partial charge < -0.3 is 5.11 Å². The second-order valence-electron chi connectivity index (χ2n) is 12.3. The summed E-state index contributed by atoms with van der Waals surface area (Å²) in [5.41, 5.74) is -0.411. The Hall–Kier alpha value is -4.29. The van der Waals surface area contributed by atoms with Gasteiger partial charge in [-0.1, -0.05) is 48.9 Å². The topological polar surface area (TPSA) is 95.0 Å². The van der Waals surface area contributed by atoms with E-state index >= 15 is 8.78 Å². The van der Waals surface area contributed by atoms with Crippen LogP contribution in [0.3, 0.4) is 0 Å². The molecule has 48 heavy (non-hydrogen) atoms. The monoisotopic (exact) mass is 704 g/mol. The first kappa shape index (κ1) is 32.3. The summed E-state index contributed by atoms with van der Waals surface area (Å²) in [6.45, 7) is 1.94. The fraction of sp³-hybridized carbons (Fsp3) is 0.294. The number of alkyl halides is 2. The highest BCUT2D eigenvalue weighted by Crippen LogP contribution is 2.66. The fourth-order valence-electron chi connectivity index (χ4n) is 7.78. The van der Waals surface area contributed by atoms with Crippen molar-refractivity contribution in [2.24, 2.45) is 17.8 Å². The average molecular weight is 705 g/mol. The molecule has 3 fully saturated rings. The third-order valence-electron chi connectivity index (χ3n) is 10.1. The molecule has 2 aliphatic heterocycles. The van der Waals surface area contributed by atoms with E-state index < -0.39 is 104 Å². The smallest absolute Gasteiger partial charge is 0.258 e. The van der Waals surface area contributed by atoms with Gasteiger partial charge in [0, 0.05) is 11.5 Å². The zero-order valence-electron chi connectivity index (χ0n) is 24.7. The van der Waals surface area contributed by atoms with Crippen LogP contribution in [0.25, 0.3) is 0 Å². The minimum Gasteiger partial charge on any atom is -0.508 e. The van der Waals surface area contributed by atoms with Crippen LogP contribution in [0.4, 0.5) is 33.3 Å². The lowest BCUT2D eigenvalue weighted by atomic mass is 9.56. The molecule has 248 valence electrons. The van der Waals surface area contributed by atoms with Crippen LogP contribution in [0, 0.1) is 46.8 Å². The molecule has 0 bridgehead atoms. The summed E-state index contributed by atoms with van der Waals surface area (Å²) in [6, 6.07) is 12.3. The molecule has 7 rings (SSSR count). The number of anilines is 2. The van der Waals surface area contributed by atoms with E-state index in [9.17, 15) is 37.5 Å². The number of allylic oxidation sites excluding steroid dienone is 2. The van der Waals surface area contributed by atoms with Crippen molar-refractivity contribution in [2.45, 2.75) is 41.9 Å². The number of halogens is 7. The maximum atomic E-state index is 15.1. The number of benzene rings is 3.